The highest BCUT2D eigenvalue weighted by atomic mass is 19.1. The molecule has 6 aromatic rings. The quantitative estimate of drug-likeness (QED) is 0.0398. The van der Waals surface area contributed by atoms with Crippen LogP contribution in [0.1, 0.15) is 98.1 Å². The summed E-state index contributed by atoms with van der Waals surface area (Å²) in [5, 5.41) is 12.4. The fourth-order valence-corrected chi connectivity index (χ4v) is 11.6. The van der Waals surface area contributed by atoms with E-state index in [1.165, 1.54) is 24.3 Å². The summed E-state index contributed by atoms with van der Waals surface area (Å²) in [6, 6.07) is 27.1. The summed E-state index contributed by atoms with van der Waals surface area (Å²) < 4.78 is 39.2. The van der Waals surface area contributed by atoms with E-state index in [9.17, 15) is 37.5 Å². The molecule has 4 aromatic carbocycles. The molecule has 4 atom stereocenters. The van der Waals surface area contributed by atoms with Crippen LogP contribution in [-0.2, 0) is 55.7 Å². The SMILES string of the molecule is CN[C@H](C(=O)N[C@@H](Cc1ccc(OCC#CC#CCOc2ccc(C[C@H](NC(=O)[C@@H](NC)C3CC3)C(=O)N3CC(C)(C)c4[nH]c(=O)c(Cc5ccc(F)cc5)cc43)cc2)cc1)C(=O)N1CC(C)(C)c2[nH]c(=O)c(Cc3ccc(F)cc3)cc21)C1CC1. The normalized spacial score (nSPS) is 16.7. The fraction of sp³-hybridized carbons (Fsp3) is 0.382. The van der Waals surface area contributed by atoms with Gasteiger partial charge in [-0.1, -0.05) is 76.2 Å². The van der Waals surface area contributed by atoms with Crippen LogP contribution < -0.4 is 51.7 Å². The van der Waals surface area contributed by atoms with E-state index in [-0.39, 0.29) is 110 Å². The van der Waals surface area contributed by atoms with Gasteiger partial charge in [-0.2, -0.15) is 0 Å². The first-order valence-electron chi connectivity index (χ1n) is 29.3. The van der Waals surface area contributed by atoms with Gasteiger partial charge in [-0.25, -0.2) is 8.78 Å². The molecule has 0 spiro atoms. The van der Waals surface area contributed by atoms with Gasteiger partial charge in [-0.3, -0.25) is 28.8 Å². The first-order valence-corrected chi connectivity index (χ1v) is 29.3. The van der Waals surface area contributed by atoms with Gasteiger partial charge in [0.25, 0.3) is 11.1 Å². The van der Waals surface area contributed by atoms with Gasteiger partial charge in [-0.05, 0) is 158 Å². The Morgan fingerprint density at radius 1 is 0.558 bits per heavy atom. The average molecular weight is 1170 g/mol. The minimum atomic E-state index is -0.939. The van der Waals surface area contributed by atoms with Gasteiger partial charge in [-0.15, -0.1) is 0 Å². The summed E-state index contributed by atoms with van der Waals surface area (Å²) in [5.74, 6) is 10.9. The van der Waals surface area contributed by atoms with Gasteiger partial charge in [0.15, 0.2) is 0 Å². The Morgan fingerprint density at radius 3 is 1.24 bits per heavy atom. The first-order chi connectivity index (χ1) is 41.3. The van der Waals surface area contributed by atoms with Crippen molar-refractivity contribution in [1.29, 1.82) is 0 Å². The molecule has 4 amide bonds. The Morgan fingerprint density at radius 2 is 0.907 bits per heavy atom. The Bertz CT molecular complexity index is 3510. The summed E-state index contributed by atoms with van der Waals surface area (Å²) >= 11 is 0. The molecule has 0 unspecified atom stereocenters. The smallest absolute Gasteiger partial charge is 0.251 e. The van der Waals surface area contributed by atoms with Crippen molar-refractivity contribution < 1.29 is 37.4 Å². The summed E-state index contributed by atoms with van der Waals surface area (Å²) in [5.41, 5.74) is 4.58. The third-order valence-corrected chi connectivity index (χ3v) is 16.6. The largest absolute Gasteiger partial charge is 0.481 e. The molecule has 18 heteroatoms. The number of aromatic amines is 2. The molecule has 446 valence electrons. The van der Waals surface area contributed by atoms with Gasteiger partial charge >= 0.3 is 0 Å². The molecular formula is C68H72F2N8O8. The van der Waals surface area contributed by atoms with Crippen LogP contribution in [0, 0.1) is 47.2 Å². The van der Waals surface area contributed by atoms with E-state index in [0.29, 0.717) is 45.4 Å². The monoisotopic (exact) mass is 1170 g/mol. The lowest BCUT2D eigenvalue weighted by atomic mass is 9.91. The summed E-state index contributed by atoms with van der Waals surface area (Å²) in [4.78, 5) is 93.1. The second-order valence-electron chi connectivity index (χ2n) is 24.2. The predicted octanol–water partition coefficient (Wildman–Crippen LogP) is 6.69. The third kappa shape index (κ3) is 14.3. The number of nitrogens with one attached hydrogen (secondary N) is 6. The Labute approximate surface area is 499 Å². The number of anilines is 2. The molecule has 16 nitrogen and oxygen atoms in total. The van der Waals surface area contributed by atoms with Gasteiger partial charge in [0, 0.05) is 72.1 Å². The first kappa shape index (κ1) is 60.3. The number of halogens is 2. The zero-order valence-corrected chi connectivity index (χ0v) is 49.3. The lowest BCUT2D eigenvalue weighted by Gasteiger charge is -2.28. The molecule has 2 saturated carbocycles. The van der Waals surface area contributed by atoms with Crippen molar-refractivity contribution in [3.8, 4) is 35.2 Å². The maximum atomic E-state index is 14.8. The van der Waals surface area contributed by atoms with Gasteiger partial charge in [0.1, 0.15) is 48.4 Å². The Kier molecular flexibility index (Phi) is 18.1. The number of ether oxygens (including phenoxy) is 2. The van der Waals surface area contributed by atoms with Crippen LogP contribution in [0.3, 0.4) is 0 Å². The van der Waals surface area contributed by atoms with Crippen molar-refractivity contribution in [3.63, 3.8) is 0 Å². The highest BCUT2D eigenvalue weighted by molar-refractivity contribution is 6.03. The zero-order valence-electron chi connectivity index (χ0n) is 49.3. The van der Waals surface area contributed by atoms with Gasteiger partial charge in [0.05, 0.1) is 23.5 Å². The third-order valence-electron chi connectivity index (χ3n) is 16.6. The number of hydrogen-bond acceptors (Lipinski definition) is 10. The molecule has 86 heavy (non-hydrogen) atoms. The molecule has 2 aliphatic heterocycles. The number of fused-ring (bicyclic) bond motifs is 2. The molecule has 0 saturated heterocycles. The molecule has 10 rings (SSSR count). The molecular weight excluding hydrogens is 1090 g/mol. The van der Waals surface area contributed by atoms with Crippen LogP contribution in [0.4, 0.5) is 20.2 Å². The van der Waals surface area contributed by atoms with E-state index < -0.39 is 35.0 Å². The predicted molar refractivity (Wildman–Crippen MR) is 325 cm³/mol. The second kappa shape index (κ2) is 25.8. The molecule has 4 aliphatic rings. The van der Waals surface area contributed by atoms with Crippen molar-refractivity contribution >= 4 is 35.0 Å². The number of nitrogens with zero attached hydrogens (tertiary/aromatic N) is 2. The van der Waals surface area contributed by atoms with Crippen LogP contribution >= 0.6 is 0 Å². The summed E-state index contributed by atoms with van der Waals surface area (Å²) in [6.45, 7) is 8.51. The van der Waals surface area contributed by atoms with Crippen LogP contribution in [0.2, 0.25) is 0 Å². The highest BCUT2D eigenvalue weighted by Gasteiger charge is 2.45. The highest BCUT2D eigenvalue weighted by Crippen LogP contribution is 2.41. The maximum absolute atomic E-state index is 14.8. The lowest BCUT2D eigenvalue weighted by Crippen LogP contribution is -2.55. The number of H-pyrrole nitrogens is 2. The van der Waals surface area contributed by atoms with Crippen LogP contribution in [-0.4, -0.2) is 98.2 Å². The van der Waals surface area contributed by atoms with Crippen molar-refractivity contribution in [2.75, 3.05) is 50.2 Å². The number of hydrogen-bond donors (Lipinski definition) is 6. The molecule has 2 fully saturated rings. The Balaban J connectivity index is 0.746. The maximum Gasteiger partial charge on any atom is 0.251 e. The lowest BCUT2D eigenvalue weighted by molar-refractivity contribution is -0.129. The number of aromatic nitrogens is 2. The number of pyridine rings is 2. The van der Waals surface area contributed by atoms with E-state index in [2.05, 4.69) is 54.9 Å². The van der Waals surface area contributed by atoms with Crippen molar-refractivity contribution in [1.82, 2.24) is 31.2 Å². The molecule has 0 bridgehead atoms. The molecule has 4 heterocycles. The Hall–Kier alpha value is -8.84. The topological polar surface area (TPSA) is 207 Å². The van der Waals surface area contributed by atoms with Crippen LogP contribution in [0.15, 0.2) is 119 Å². The van der Waals surface area contributed by atoms with E-state index in [4.69, 9.17) is 9.47 Å². The number of carbonyl (C=O) groups excluding carboxylic acids is 4. The number of rotatable bonds is 22. The molecule has 0 radical (unpaired) electrons. The van der Waals surface area contributed by atoms with Crippen LogP contribution in [0.5, 0.6) is 11.5 Å². The number of likely N-dealkylation sites (N-methyl/N-ethyl adjacent to an activating group) is 2. The second-order valence-corrected chi connectivity index (χ2v) is 24.2. The molecule has 2 aromatic heterocycles. The van der Waals surface area contributed by atoms with Crippen molar-refractivity contribution in [2.45, 2.75) is 114 Å². The minimum Gasteiger partial charge on any atom is -0.481 e. The minimum absolute atomic E-state index is 0.0513. The fourth-order valence-electron chi connectivity index (χ4n) is 11.6. The molecule has 2 aliphatic carbocycles. The number of carbonyl (C=O) groups is 4. The summed E-state index contributed by atoms with van der Waals surface area (Å²) in [7, 11) is 3.49. The summed E-state index contributed by atoms with van der Waals surface area (Å²) in [6.07, 6.45) is 4.54. The van der Waals surface area contributed by atoms with E-state index in [1.807, 2.05) is 52.0 Å². The van der Waals surface area contributed by atoms with E-state index in [1.54, 1.807) is 84.6 Å². The average Bonchev–Trinajstić information content (AvgIpc) is 2.08. The standard InChI is InChI=1S/C68H72F2N8O8/c1-67(2)39-77(55-37-47(61(79)75-59(55)67)33-41-11-23-49(69)24-12-41)65(83)53(73-63(81)57(71-5)45-19-20-45)35-43-15-27-51(28-16-43)85-31-9-7-8-10-32-86-52-29-17-44(18-30-52)36-54(74-64(82)58(72-6)46-21-22-46)66(84)78-40-68(3,4)60-56(78)38-48(62(80)76-60)34-42-13-25-50(70)26-14-42/h11-18,23-30,37-38,45-46,53-54,57-58,71-72H,19-22,31-36,39-40H2,1-6H3,(H,73,81)(H,74,82)(H,75,79)(H,76,80)/t53-,54-,57-,58-/m0/s1. The van der Waals surface area contributed by atoms with E-state index >= 15 is 0 Å². The van der Waals surface area contributed by atoms with E-state index in [0.717, 1.165) is 47.9 Å². The van der Waals surface area contributed by atoms with Crippen molar-refractivity contribution in [2.24, 2.45) is 11.8 Å². The zero-order chi connectivity index (χ0) is 60.9. The van der Waals surface area contributed by atoms with Gasteiger partial charge in [0.2, 0.25) is 23.6 Å². The number of amides is 4. The van der Waals surface area contributed by atoms with Crippen molar-refractivity contribution in [3.05, 3.63) is 186 Å². The van der Waals surface area contributed by atoms with Gasteiger partial charge < -0.3 is 50.5 Å². The van der Waals surface area contributed by atoms with Crippen LogP contribution in [0.25, 0.3) is 0 Å². The molecule has 6 N–H and O–H groups in total. The number of benzene rings is 4.